The number of carbonyl (C=O) groups excluding carboxylic acids is 2. The summed E-state index contributed by atoms with van der Waals surface area (Å²) in [5, 5.41) is 3.41. The van der Waals surface area contributed by atoms with E-state index in [0.717, 1.165) is 73.2 Å². The molecule has 1 fully saturated rings. The van der Waals surface area contributed by atoms with Crippen LogP contribution in [-0.4, -0.2) is 35.0 Å². The number of halogens is 1. The lowest BCUT2D eigenvalue weighted by molar-refractivity contribution is -0.149. The Morgan fingerprint density at radius 1 is 1.18 bits per heavy atom. The van der Waals surface area contributed by atoms with Gasteiger partial charge in [-0.05, 0) is 101 Å². The molecule has 0 atom stereocenters. The first-order chi connectivity index (χ1) is 18.6. The number of carbonyl (C=O) groups is 2. The maximum Gasteiger partial charge on any atom is 0.339 e. The van der Waals surface area contributed by atoms with E-state index in [1.54, 1.807) is 6.07 Å². The summed E-state index contributed by atoms with van der Waals surface area (Å²) in [6.45, 7) is 8.65. The molecule has 0 saturated heterocycles. The topological polar surface area (TPSA) is 91.5 Å². The summed E-state index contributed by atoms with van der Waals surface area (Å²) in [5.41, 5.74) is 5.73. The summed E-state index contributed by atoms with van der Waals surface area (Å²) >= 11 is 6.55. The minimum atomic E-state index is -0.465. The van der Waals surface area contributed by atoms with E-state index in [-0.39, 0.29) is 30.0 Å². The highest BCUT2D eigenvalue weighted by Crippen LogP contribution is 2.48. The van der Waals surface area contributed by atoms with Crippen molar-refractivity contribution in [3.63, 3.8) is 0 Å². The number of amides is 1. The van der Waals surface area contributed by atoms with E-state index in [1.165, 1.54) is 5.57 Å². The average Bonchev–Trinajstić information content (AvgIpc) is 3.17. The van der Waals surface area contributed by atoms with E-state index in [1.807, 2.05) is 39.0 Å². The van der Waals surface area contributed by atoms with Crippen molar-refractivity contribution in [3.8, 4) is 0 Å². The number of nitrogens with one attached hydrogen (secondary N) is 2. The first-order valence-electron chi connectivity index (χ1n) is 13.8. The van der Waals surface area contributed by atoms with Crippen LogP contribution < -0.4 is 15.8 Å². The van der Waals surface area contributed by atoms with Crippen LogP contribution in [-0.2, 0) is 16.1 Å². The van der Waals surface area contributed by atoms with Gasteiger partial charge in [-0.15, -0.1) is 0 Å². The maximum atomic E-state index is 13.3. The summed E-state index contributed by atoms with van der Waals surface area (Å²) in [4.78, 5) is 43.4. The van der Waals surface area contributed by atoms with Gasteiger partial charge in [0.15, 0.2) is 0 Å². The van der Waals surface area contributed by atoms with Gasteiger partial charge in [0, 0.05) is 46.7 Å². The zero-order valence-corrected chi connectivity index (χ0v) is 23.8. The number of ether oxygens (including phenoxy) is 1. The van der Waals surface area contributed by atoms with Gasteiger partial charge in [0.2, 0.25) is 0 Å². The molecule has 206 valence electrons. The number of hydrogen-bond donors (Lipinski definition) is 2. The second-order valence-corrected chi connectivity index (χ2v) is 11.4. The Bertz CT molecular complexity index is 1450. The van der Waals surface area contributed by atoms with Crippen molar-refractivity contribution in [2.45, 2.75) is 84.4 Å². The standard InChI is InChI=1S/C31H36ClN3O4/c1-5-35(22-10-12-31(13-11-22)26-9-7-6-8-23(26)30(38)39-31)27-16-21(32)15-24(20(27)4)28(36)33-17-25-18(2)14-19(3)34-29(25)37/h6,8,14-16,22H,5,7,9-13,17H2,1-4H3,(H,33,36)(H,34,37)/t22-,31-. The van der Waals surface area contributed by atoms with Crippen LogP contribution in [0.5, 0.6) is 0 Å². The molecule has 7 nitrogen and oxygen atoms in total. The molecule has 1 aromatic carbocycles. The van der Waals surface area contributed by atoms with Gasteiger partial charge >= 0.3 is 5.97 Å². The number of benzene rings is 1. The Kier molecular flexibility index (Phi) is 7.47. The summed E-state index contributed by atoms with van der Waals surface area (Å²) in [6, 6.07) is 5.76. The van der Waals surface area contributed by atoms with Gasteiger partial charge < -0.3 is 19.9 Å². The minimum absolute atomic E-state index is 0.134. The highest BCUT2D eigenvalue weighted by atomic mass is 35.5. The molecule has 1 spiro atoms. The summed E-state index contributed by atoms with van der Waals surface area (Å²) in [6.07, 6.45) is 9.17. The molecule has 5 rings (SSSR count). The lowest BCUT2D eigenvalue weighted by Gasteiger charge is -2.43. The third-order valence-corrected chi connectivity index (χ3v) is 8.81. The number of nitrogens with zero attached hydrogens (tertiary/aromatic N) is 1. The fraction of sp³-hybridized carbons (Fsp3) is 0.452. The lowest BCUT2D eigenvalue weighted by Crippen LogP contribution is -2.45. The number of aromatic amines is 1. The Morgan fingerprint density at radius 2 is 1.92 bits per heavy atom. The Balaban J connectivity index is 1.34. The number of pyridine rings is 1. The van der Waals surface area contributed by atoms with Crippen molar-refractivity contribution in [2.75, 3.05) is 11.4 Å². The van der Waals surface area contributed by atoms with Gasteiger partial charge in [0.25, 0.3) is 11.5 Å². The second-order valence-electron chi connectivity index (χ2n) is 11.0. The number of allylic oxidation sites excluding steroid dienone is 1. The summed E-state index contributed by atoms with van der Waals surface area (Å²) in [7, 11) is 0. The number of aromatic nitrogens is 1. The van der Waals surface area contributed by atoms with Crippen LogP contribution in [0.15, 0.2) is 46.3 Å². The molecular formula is C31H36ClN3O4. The zero-order valence-electron chi connectivity index (χ0n) is 23.1. The first kappa shape index (κ1) is 27.3. The highest BCUT2D eigenvalue weighted by molar-refractivity contribution is 6.31. The van der Waals surface area contributed by atoms with Gasteiger partial charge in [0.1, 0.15) is 5.60 Å². The van der Waals surface area contributed by atoms with E-state index in [2.05, 4.69) is 28.2 Å². The molecule has 2 N–H and O–H groups in total. The molecule has 1 saturated carbocycles. The van der Waals surface area contributed by atoms with Crippen molar-refractivity contribution in [1.29, 1.82) is 0 Å². The molecule has 2 aliphatic carbocycles. The van der Waals surface area contributed by atoms with Crippen LogP contribution >= 0.6 is 11.6 Å². The number of hydrogen-bond acceptors (Lipinski definition) is 5. The maximum absolute atomic E-state index is 13.3. The predicted octanol–water partition coefficient (Wildman–Crippen LogP) is 5.59. The third-order valence-electron chi connectivity index (χ3n) is 8.59. The van der Waals surface area contributed by atoms with Crippen molar-refractivity contribution in [3.05, 3.63) is 84.8 Å². The Labute approximate surface area is 234 Å². The fourth-order valence-electron chi connectivity index (χ4n) is 6.60. The first-order valence-corrected chi connectivity index (χ1v) is 14.2. The highest BCUT2D eigenvalue weighted by Gasteiger charge is 2.49. The molecule has 8 heteroatoms. The van der Waals surface area contributed by atoms with Gasteiger partial charge in [-0.1, -0.05) is 23.8 Å². The van der Waals surface area contributed by atoms with Crippen molar-refractivity contribution < 1.29 is 14.3 Å². The SMILES string of the molecule is CCN(c1cc(Cl)cc(C(=O)NCc2c(C)cc(C)[nH]c2=O)c1C)[C@H]1CC[C@@]2(CC1)OC(=O)C1=C2CCC=C1. The quantitative estimate of drug-likeness (QED) is 0.458. The molecule has 2 aromatic rings. The Hall–Kier alpha value is -3.32. The van der Waals surface area contributed by atoms with Crippen molar-refractivity contribution in [2.24, 2.45) is 0 Å². The number of rotatable bonds is 6. The van der Waals surface area contributed by atoms with E-state index in [4.69, 9.17) is 16.3 Å². The molecule has 0 unspecified atom stereocenters. The van der Waals surface area contributed by atoms with E-state index >= 15 is 0 Å². The molecule has 2 heterocycles. The predicted molar refractivity (Wildman–Crippen MR) is 153 cm³/mol. The van der Waals surface area contributed by atoms with Crippen molar-refractivity contribution >= 4 is 29.2 Å². The molecule has 1 aromatic heterocycles. The normalized spacial score (nSPS) is 22.2. The third kappa shape index (κ3) is 5.05. The molecule has 0 radical (unpaired) electrons. The van der Waals surface area contributed by atoms with E-state index in [9.17, 15) is 14.4 Å². The van der Waals surface area contributed by atoms with E-state index in [0.29, 0.717) is 16.1 Å². The molecule has 1 amide bonds. The van der Waals surface area contributed by atoms with Gasteiger partial charge in [-0.2, -0.15) is 0 Å². The summed E-state index contributed by atoms with van der Waals surface area (Å²) < 4.78 is 6.00. The van der Waals surface area contributed by atoms with Crippen LogP contribution in [0.25, 0.3) is 0 Å². The number of anilines is 1. The smallest absolute Gasteiger partial charge is 0.339 e. The number of esters is 1. The number of aryl methyl sites for hydroxylation is 2. The van der Waals surface area contributed by atoms with Crippen molar-refractivity contribution in [1.82, 2.24) is 10.3 Å². The van der Waals surface area contributed by atoms with Gasteiger partial charge in [-0.25, -0.2) is 4.79 Å². The fourth-order valence-corrected chi connectivity index (χ4v) is 6.81. The average molecular weight is 550 g/mol. The lowest BCUT2D eigenvalue weighted by atomic mass is 9.74. The van der Waals surface area contributed by atoms with Gasteiger partial charge in [-0.3, -0.25) is 9.59 Å². The van der Waals surface area contributed by atoms with Crippen LogP contribution in [0.1, 0.15) is 78.2 Å². The van der Waals surface area contributed by atoms with Crippen LogP contribution in [0, 0.1) is 20.8 Å². The van der Waals surface area contributed by atoms with Crippen LogP contribution in [0.2, 0.25) is 5.02 Å². The molecule has 0 bridgehead atoms. The molecular weight excluding hydrogens is 514 g/mol. The summed E-state index contributed by atoms with van der Waals surface area (Å²) in [5.74, 6) is -0.451. The minimum Gasteiger partial charge on any atom is -0.451 e. The monoisotopic (exact) mass is 549 g/mol. The number of H-pyrrole nitrogens is 1. The molecule has 1 aliphatic heterocycles. The molecule has 3 aliphatic rings. The Morgan fingerprint density at radius 3 is 2.62 bits per heavy atom. The van der Waals surface area contributed by atoms with Crippen LogP contribution in [0.3, 0.4) is 0 Å². The van der Waals surface area contributed by atoms with Crippen LogP contribution in [0.4, 0.5) is 5.69 Å². The second kappa shape index (κ2) is 10.7. The number of fused-ring (bicyclic) bond motifs is 1. The molecule has 39 heavy (non-hydrogen) atoms. The zero-order chi connectivity index (χ0) is 27.9. The van der Waals surface area contributed by atoms with Gasteiger partial charge in [0.05, 0.1) is 5.57 Å². The largest absolute Gasteiger partial charge is 0.451 e. The van der Waals surface area contributed by atoms with E-state index < -0.39 is 5.60 Å².